The maximum Gasteiger partial charge on any atom is 0.139 e. The third kappa shape index (κ3) is 4.19. The van der Waals surface area contributed by atoms with Gasteiger partial charge >= 0.3 is 0 Å². The van der Waals surface area contributed by atoms with Crippen molar-refractivity contribution in [1.29, 1.82) is 0 Å². The second kappa shape index (κ2) is 6.88. The largest absolute Gasteiger partial charge is 0.544 e. The predicted molar refractivity (Wildman–Crippen MR) is 71.8 cm³/mol. The second-order valence-corrected chi connectivity index (χ2v) is 5.82. The molecule has 0 amide bonds. The van der Waals surface area contributed by atoms with Gasteiger partial charge in [0, 0.05) is 19.6 Å². The van der Waals surface area contributed by atoms with Gasteiger partial charge in [-0.25, -0.2) is 0 Å². The van der Waals surface area contributed by atoms with Gasteiger partial charge in [0.25, 0.3) is 0 Å². The van der Waals surface area contributed by atoms with Crippen LogP contribution in [-0.2, 0) is 0 Å². The number of carboxylic acids is 1. The number of nitrogens with zero attached hydrogens (tertiary/aromatic N) is 1. The summed E-state index contributed by atoms with van der Waals surface area (Å²) in [6.07, 6.45) is 0.918. The highest BCUT2D eigenvalue weighted by molar-refractivity contribution is 7.12. The average Bonchev–Trinajstić information content (AvgIpc) is 2.85. The first-order valence-corrected chi connectivity index (χ1v) is 7.50. The van der Waals surface area contributed by atoms with E-state index in [2.05, 4.69) is 11.9 Å². The smallest absolute Gasteiger partial charge is 0.139 e. The Morgan fingerprint density at radius 3 is 2.95 bits per heavy atom. The Balaban J connectivity index is 1.66. The number of thiophene rings is 1. The van der Waals surface area contributed by atoms with Crippen LogP contribution in [0.5, 0.6) is 5.75 Å². The summed E-state index contributed by atoms with van der Waals surface area (Å²) >= 11 is 1.14. The molecule has 0 aromatic carbocycles. The number of ether oxygens (including phenoxy) is 1. The lowest BCUT2D eigenvalue weighted by atomic mass is 10.3. The monoisotopic (exact) mass is 284 g/mol. The molecule has 0 atom stereocenters. The van der Waals surface area contributed by atoms with Gasteiger partial charge < -0.3 is 19.5 Å². The van der Waals surface area contributed by atoms with E-state index in [9.17, 15) is 9.90 Å². The number of aromatic carboxylic acids is 1. The molecule has 5 nitrogen and oxygen atoms in total. The highest BCUT2D eigenvalue weighted by atomic mass is 32.1. The van der Waals surface area contributed by atoms with Crippen molar-refractivity contribution in [2.45, 2.75) is 6.42 Å². The molecule has 2 heterocycles. The molecule has 0 radical (unpaired) electrons. The minimum absolute atomic E-state index is 0.184. The molecule has 1 aliphatic rings. The summed E-state index contributed by atoms with van der Waals surface area (Å²) in [6.45, 7) is 6.22. The summed E-state index contributed by atoms with van der Waals surface area (Å²) in [7, 11) is 2.22. The number of carbonyl (C=O) groups is 1. The number of likely N-dealkylation sites (N-methyl/N-ethyl adjacent to an activating group) is 1. The molecule has 1 aliphatic heterocycles. The summed E-state index contributed by atoms with van der Waals surface area (Å²) in [4.78, 5) is 15.0. The van der Waals surface area contributed by atoms with Gasteiger partial charge in [-0.1, -0.05) is 0 Å². The lowest BCUT2D eigenvalue weighted by Crippen LogP contribution is -3.11. The van der Waals surface area contributed by atoms with Crippen LogP contribution in [0.15, 0.2) is 11.4 Å². The summed E-state index contributed by atoms with van der Waals surface area (Å²) < 4.78 is 5.51. The number of carboxylic acid groups (broad SMARTS) is 1. The summed E-state index contributed by atoms with van der Waals surface area (Å²) in [5.41, 5.74) is 0. The molecule has 0 saturated carbocycles. The zero-order valence-corrected chi connectivity index (χ0v) is 12.0. The Morgan fingerprint density at radius 1 is 1.53 bits per heavy atom. The first-order chi connectivity index (χ1) is 9.16. The third-order valence-corrected chi connectivity index (χ3v) is 4.28. The second-order valence-electron chi connectivity index (χ2n) is 4.90. The van der Waals surface area contributed by atoms with E-state index in [0.29, 0.717) is 12.4 Å². The Kier molecular flexibility index (Phi) is 5.18. The number of nitrogens with one attached hydrogen (secondary N) is 1. The fourth-order valence-corrected chi connectivity index (χ4v) is 2.86. The van der Waals surface area contributed by atoms with Crippen LogP contribution >= 0.6 is 11.3 Å². The van der Waals surface area contributed by atoms with Crippen molar-refractivity contribution < 1.29 is 19.5 Å². The van der Waals surface area contributed by atoms with Crippen molar-refractivity contribution in [1.82, 2.24) is 4.90 Å². The predicted octanol–water partition coefficient (Wildman–Crippen LogP) is -1.29. The van der Waals surface area contributed by atoms with Gasteiger partial charge in [0.15, 0.2) is 0 Å². The van der Waals surface area contributed by atoms with E-state index < -0.39 is 5.97 Å². The van der Waals surface area contributed by atoms with E-state index in [1.54, 1.807) is 16.3 Å². The molecule has 1 saturated heterocycles. The standard InChI is InChI=1S/C13H20N2O3S/c1-14-5-7-15(8-6-14)4-2-9-18-11-3-10-19-12(11)13(16)17/h3,10H,2,4-9H2,1H3,(H,16,17). The summed E-state index contributed by atoms with van der Waals surface area (Å²) in [5, 5.41) is 12.5. The first kappa shape index (κ1) is 14.3. The van der Waals surface area contributed by atoms with Crippen molar-refractivity contribution in [3.05, 3.63) is 16.3 Å². The van der Waals surface area contributed by atoms with Crippen molar-refractivity contribution >= 4 is 17.3 Å². The van der Waals surface area contributed by atoms with Crippen LogP contribution < -0.4 is 14.7 Å². The minimum atomic E-state index is -1.16. The maximum absolute atomic E-state index is 10.8. The van der Waals surface area contributed by atoms with Gasteiger partial charge in [0.05, 0.1) is 37.6 Å². The van der Waals surface area contributed by atoms with Gasteiger partial charge in [-0.3, -0.25) is 4.90 Å². The molecule has 0 aliphatic carbocycles. The molecule has 1 fully saturated rings. The van der Waals surface area contributed by atoms with Crippen LogP contribution in [0, 0.1) is 0 Å². The molecular formula is C13H20N2O3S. The molecule has 19 heavy (non-hydrogen) atoms. The molecule has 2 rings (SSSR count). The lowest BCUT2D eigenvalue weighted by Gasteiger charge is -2.29. The van der Waals surface area contributed by atoms with E-state index in [1.165, 1.54) is 13.1 Å². The molecule has 1 N–H and O–H groups in total. The molecule has 1 aromatic heterocycles. The van der Waals surface area contributed by atoms with Gasteiger partial charge in [0.1, 0.15) is 5.75 Å². The molecule has 1 aromatic rings. The van der Waals surface area contributed by atoms with Crippen molar-refractivity contribution in [3.8, 4) is 5.75 Å². The zero-order chi connectivity index (χ0) is 13.7. The number of rotatable bonds is 6. The molecule has 0 spiro atoms. The van der Waals surface area contributed by atoms with Crippen molar-refractivity contribution in [2.24, 2.45) is 0 Å². The Hall–Kier alpha value is -1.11. The van der Waals surface area contributed by atoms with Crippen LogP contribution in [0.3, 0.4) is 0 Å². The quantitative estimate of drug-likeness (QED) is 0.661. The highest BCUT2D eigenvalue weighted by Gasteiger charge is 2.15. The van der Waals surface area contributed by atoms with E-state index >= 15 is 0 Å². The minimum Gasteiger partial charge on any atom is -0.544 e. The topological polar surface area (TPSA) is 57.0 Å². The van der Waals surface area contributed by atoms with Crippen molar-refractivity contribution in [2.75, 3.05) is 46.4 Å². The van der Waals surface area contributed by atoms with Gasteiger partial charge in [-0.05, 0) is 17.9 Å². The highest BCUT2D eigenvalue weighted by Crippen LogP contribution is 2.23. The average molecular weight is 284 g/mol. The molecule has 0 bridgehead atoms. The number of hydrogen-bond acceptors (Lipinski definition) is 5. The first-order valence-electron chi connectivity index (χ1n) is 6.62. The number of carbonyl (C=O) groups excluding carboxylic acids is 1. The molecule has 106 valence electrons. The van der Waals surface area contributed by atoms with Gasteiger partial charge in [-0.2, -0.15) is 0 Å². The van der Waals surface area contributed by atoms with E-state index in [-0.39, 0.29) is 4.88 Å². The summed E-state index contributed by atoms with van der Waals surface area (Å²) in [5.74, 6) is -0.722. The number of quaternary nitrogens is 1. The fourth-order valence-electron chi connectivity index (χ4n) is 2.19. The Morgan fingerprint density at radius 2 is 2.26 bits per heavy atom. The van der Waals surface area contributed by atoms with E-state index in [0.717, 1.165) is 37.4 Å². The maximum atomic E-state index is 10.8. The molecule has 0 unspecified atom stereocenters. The van der Waals surface area contributed by atoms with Crippen LogP contribution in [0.1, 0.15) is 16.1 Å². The number of piperazine rings is 1. The van der Waals surface area contributed by atoms with Crippen LogP contribution in [0.25, 0.3) is 0 Å². The third-order valence-electron chi connectivity index (χ3n) is 3.40. The van der Waals surface area contributed by atoms with Crippen LogP contribution in [0.2, 0.25) is 0 Å². The lowest BCUT2D eigenvalue weighted by molar-refractivity contribution is -0.884. The zero-order valence-electron chi connectivity index (χ0n) is 11.2. The number of hydrogen-bond donors (Lipinski definition) is 1. The van der Waals surface area contributed by atoms with E-state index in [4.69, 9.17) is 4.74 Å². The van der Waals surface area contributed by atoms with Gasteiger partial charge in [0.2, 0.25) is 0 Å². The SMILES string of the molecule is C[NH+]1CCN(CCCOc2ccsc2C(=O)[O-])CC1. The summed E-state index contributed by atoms with van der Waals surface area (Å²) in [6, 6.07) is 1.69. The molecular weight excluding hydrogens is 264 g/mol. The Bertz CT molecular complexity index is 414. The van der Waals surface area contributed by atoms with Gasteiger partial charge in [-0.15, -0.1) is 11.3 Å². The van der Waals surface area contributed by atoms with Crippen LogP contribution in [-0.4, -0.2) is 57.2 Å². The van der Waals surface area contributed by atoms with Crippen molar-refractivity contribution in [3.63, 3.8) is 0 Å². The van der Waals surface area contributed by atoms with Crippen LogP contribution in [0.4, 0.5) is 0 Å². The fraction of sp³-hybridized carbons (Fsp3) is 0.615. The molecule has 6 heteroatoms. The van der Waals surface area contributed by atoms with E-state index in [1.807, 2.05) is 0 Å². The Labute approximate surface area is 117 Å². The normalized spacial score (nSPS) is 17.5.